The fraction of sp³-hybridized carbons (Fsp3) is 0.500. The molecule has 0 amide bonds. The van der Waals surface area contributed by atoms with E-state index in [1.54, 1.807) is 45.9 Å². The summed E-state index contributed by atoms with van der Waals surface area (Å²) in [4.78, 5) is 23.9. The fourth-order valence-electron chi connectivity index (χ4n) is 2.94. The largest absolute Gasteiger partial charge is 0.459 e. The van der Waals surface area contributed by atoms with Crippen LogP contribution in [0.25, 0.3) is 0 Å². The van der Waals surface area contributed by atoms with Crippen LogP contribution in [0.4, 0.5) is 5.69 Å². The lowest BCUT2D eigenvalue weighted by Gasteiger charge is -2.31. The lowest BCUT2D eigenvalue weighted by Crippen LogP contribution is -2.39. The Hall–Kier alpha value is -2.57. The Morgan fingerprint density at radius 1 is 1.28 bits per heavy atom. The van der Waals surface area contributed by atoms with Crippen molar-refractivity contribution in [2.45, 2.75) is 52.6 Å². The maximum atomic E-state index is 12.8. The van der Waals surface area contributed by atoms with E-state index >= 15 is 0 Å². The zero-order valence-corrected chi connectivity index (χ0v) is 15.1. The number of nitro benzene ring substituents is 1. The number of nitro groups is 1. The molecule has 1 aromatic carbocycles. The molecular formula is C18H23N3O4. The molecule has 0 spiro atoms. The third-order valence-electron chi connectivity index (χ3n) is 3.97. The number of carbonyl (C=O) groups excluding carboxylic acids is 1. The van der Waals surface area contributed by atoms with E-state index in [-0.39, 0.29) is 5.69 Å². The highest BCUT2D eigenvalue weighted by Gasteiger charge is 2.42. The molecule has 1 aliphatic heterocycles. The van der Waals surface area contributed by atoms with Gasteiger partial charge in [0.2, 0.25) is 0 Å². The molecule has 0 saturated heterocycles. The smallest absolute Gasteiger partial charge is 0.316 e. The number of esters is 1. The molecule has 7 nitrogen and oxygen atoms in total. The number of carbonyl (C=O) groups is 1. The summed E-state index contributed by atoms with van der Waals surface area (Å²) in [5.41, 5.74) is 0.895. The van der Waals surface area contributed by atoms with Crippen LogP contribution >= 0.6 is 0 Å². The van der Waals surface area contributed by atoms with Crippen LogP contribution in [0, 0.1) is 16.0 Å². The first-order chi connectivity index (χ1) is 11.7. The summed E-state index contributed by atoms with van der Waals surface area (Å²) < 4.78 is 5.55. The molecule has 2 rings (SSSR count). The number of hydrogen-bond acceptors (Lipinski definition) is 6. The highest BCUT2D eigenvalue weighted by Crippen LogP contribution is 2.38. The monoisotopic (exact) mass is 345 g/mol. The van der Waals surface area contributed by atoms with Crippen molar-refractivity contribution in [3.63, 3.8) is 0 Å². The van der Waals surface area contributed by atoms with Crippen LogP contribution in [-0.4, -0.2) is 27.9 Å². The molecule has 2 atom stereocenters. The third kappa shape index (κ3) is 4.10. The van der Waals surface area contributed by atoms with E-state index in [9.17, 15) is 14.9 Å². The van der Waals surface area contributed by atoms with Gasteiger partial charge in [0.25, 0.3) is 5.69 Å². The molecule has 1 aromatic rings. The summed E-state index contributed by atoms with van der Waals surface area (Å²) in [6.45, 7) is 8.95. The van der Waals surface area contributed by atoms with Gasteiger partial charge in [-0.25, -0.2) is 0 Å². The molecule has 0 aliphatic carbocycles. The molecule has 1 aliphatic rings. The van der Waals surface area contributed by atoms with E-state index < -0.39 is 28.3 Å². The van der Waals surface area contributed by atoms with Crippen LogP contribution < -0.4 is 0 Å². The average Bonchev–Trinajstić information content (AvgIpc) is 2.52. The van der Waals surface area contributed by atoms with Crippen molar-refractivity contribution in [1.29, 1.82) is 0 Å². The number of benzene rings is 1. The van der Waals surface area contributed by atoms with Crippen LogP contribution in [0.5, 0.6) is 0 Å². The van der Waals surface area contributed by atoms with E-state index in [1.807, 2.05) is 6.92 Å². The molecule has 0 bridgehead atoms. The highest BCUT2D eigenvalue weighted by molar-refractivity contribution is 6.10. The van der Waals surface area contributed by atoms with Crippen molar-refractivity contribution in [3.05, 3.63) is 39.9 Å². The van der Waals surface area contributed by atoms with Crippen molar-refractivity contribution in [3.8, 4) is 0 Å². The number of rotatable bonds is 4. The Bertz CT molecular complexity index is 747. The zero-order valence-electron chi connectivity index (χ0n) is 15.1. The first-order valence-corrected chi connectivity index (χ1v) is 8.22. The van der Waals surface area contributed by atoms with Crippen molar-refractivity contribution < 1.29 is 14.5 Å². The van der Waals surface area contributed by atoms with Gasteiger partial charge < -0.3 is 4.74 Å². The maximum Gasteiger partial charge on any atom is 0.316 e. The van der Waals surface area contributed by atoms with E-state index in [4.69, 9.17) is 4.74 Å². The summed E-state index contributed by atoms with van der Waals surface area (Å²) in [6, 6.07) is 6.44. The molecule has 134 valence electrons. The minimum atomic E-state index is -0.729. The zero-order chi connectivity index (χ0) is 18.8. The van der Waals surface area contributed by atoms with Gasteiger partial charge in [-0.2, -0.15) is 10.2 Å². The van der Waals surface area contributed by atoms with Crippen LogP contribution in [0.1, 0.15) is 52.5 Å². The topological polar surface area (TPSA) is 94.2 Å². The molecule has 1 heterocycles. The summed E-state index contributed by atoms with van der Waals surface area (Å²) in [5, 5.41) is 19.8. The predicted molar refractivity (Wildman–Crippen MR) is 96.0 cm³/mol. The fourth-order valence-corrected chi connectivity index (χ4v) is 2.94. The summed E-state index contributed by atoms with van der Waals surface area (Å²) in [7, 11) is 0. The third-order valence-corrected chi connectivity index (χ3v) is 3.97. The van der Waals surface area contributed by atoms with Gasteiger partial charge in [-0.3, -0.25) is 14.9 Å². The van der Waals surface area contributed by atoms with Crippen LogP contribution in [0.2, 0.25) is 0 Å². The first kappa shape index (κ1) is 18.8. The second-order valence-corrected chi connectivity index (χ2v) is 6.99. The molecule has 0 saturated carbocycles. The van der Waals surface area contributed by atoms with E-state index in [1.165, 1.54) is 6.07 Å². The Morgan fingerprint density at radius 3 is 2.48 bits per heavy atom. The average molecular weight is 345 g/mol. The van der Waals surface area contributed by atoms with Gasteiger partial charge in [-0.1, -0.05) is 25.1 Å². The lowest BCUT2D eigenvalue weighted by molar-refractivity contribution is -0.385. The molecule has 0 N–H and O–H groups in total. The number of nitrogens with zero attached hydrogens (tertiary/aromatic N) is 3. The molecular weight excluding hydrogens is 322 g/mol. The number of ether oxygens (including phenoxy) is 1. The Balaban J connectivity index is 2.57. The minimum absolute atomic E-state index is 0.0306. The van der Waals surface area contributed by atoms with E-state index in [2.05, 4.69) is 10.2 Å². The molecule has 0 aromatic heterocycles. The van der Waals surface area contributed by atoms with Gasteiger partial charge >= 0.3 is 5.97 Å². The predicted octanol–water partition coefficient (Wildman–Crippen LogP) is 3.88. The van der Waals surface area contributed by atoms with Gasteiger partial charge in [-0.15, -0.1) is 0 Å². The van der Waals surface area contributed by atoms with Gasteiger partial charge in [-0.05, 0) is 34.1 Å². The molecule has 25 heavy (non-hydrogen) atoms. The molecule has 0 radical (unpaired) electrons. The minimum Gasteiger partial charge on any atom is -0.459 e. The second-order valence-electron chi connectivity index (χ2n) is 6.99. The van der Waals surface area contributed by atoms with Gasteiger partial charge in [0.15, 0.2) is 0 Å². The maximum absolute atomic E-state index is 12.8. The normalized spacial score (nSPS) is 20.5. The van der Waals surface area contributed by atoms with E-state index in [0.29, 0.717) is 23.4 Å². The highest BCUT2D eigenvalue weighted by atomic mass is 16.6. The van der Waals surface area contributed by atoms with Crippen LogP contribution in [-0.2, 0) is 9.53 Å². The van der Waals surface area contributed by atoms with Gasteiger partial charge in [0.1, 0.15) is 11.5 Å². The summed E-state index contributed by atoms with van der Waals surface area (Å²) in [5.74, 6) is -1.73. The Morgan fingerprint density at radius 2 is 1.92 bits per heavy atom. The Kier molecular flexibility index (Phi) is 5.35. The van der Waals surface area contributed by atoms with Crippen molar-refractivity contribution in [1.82, 2.24) is 0 Å². The van der Waals surface area contributed by atoms with Gasteiger partial charge in [0.05, 0.1) is 10.6 Å². The van der Waals surface area contributed by atoms with Crippen molar-refractivity contribution in [2.75, 3.05) is 0 Å². The molecule has 2 unspecified atom stereocenters. The first-order valence-electron chi connectivity index (χ1n) is 8.22. The van der Waals surface area contributed by atoms with E-state index in [0.717, 1.165) is 0 Å². The van der Waals surface area contributed by atoms with Gasteiger partial charge in [0, 0.05) is 23.3 Å². The quantitative estimate of drug-likeness (QED) is 0.470. The van der Waals surface area contributed by atoms with Crippen molar-refractivity contribution >= 4 is 23.1 Å². The molecule has 0 fully saturated rings. The number of hydrogen-bond donors (Lipinski definition) is 0. The lowest BCUT2D eigenvalue weighted by atomic mass is 9.77. The second kappa shape index (κ2) is 7.13. The van der Waals surface area contributed by atoms with Crippen molar-refractivity contribution in [2.24, 2.45) is 16.1 Å². The summed E-state index contributed by atoms with van der Waals surface area (Å²) in [6.07, 6.45) is 0.535. The SMILES string of the molecule is CCC1=NN=C(C)C(C(=O)OC(C)(C)C)C1c1ccccc1[N+](=O)[O-]. The summed E-state index contributed by atoms with van der Waals surface area (Å²) >= 11 is 0. The van der Waals surface area contributed by atoms with Crippen LogP contribution in [0.15, 0.2) is 34.5 Å². The standard InChI is InChI=1S/C18H23N3O4/c1-6-13-16(12-9-7-8-10-14(12)21(23)24)15(11(2)19-20-13)17(22)25-18(3,4)5/h7-10,15-16H,6H2,1-5H3. The Labute approximate surface area is 146 Å². The van der Waals surface area contributed by atoms with Crippen LogP contribution in [0.3, 0.4) is 0 Å². The molecule has 7 heteroatoms. The number of para-hydroxylation sites is 1.